The van der Waals surface area contributed by atoms with Crippen molar-refractivity contribution in [1.29, 1.82) is 0 Å². The zero-order valence-corrected chi connectivity index (χ0v) is 60.4. The molecule has 8 N–H and O–H groups in total. The molecule has 6 heterocycles. The van der Waals surface area contributed by atoms with Gasteiger partial charge in [0, 0.05) is 77.8 Å². The molecular weight excluding hydrogens is 1400 g/mol. The number of halogens is 2. The molecule has 2 aromatic heterocycles. The molecule has 0 radical (unpaired) electrons. The number of benzene rings is 6. The number of nitrogen functional groups attached to an aromatic ring is 1. The molecule has 2 aliphatic carbocycles. The second kappa shape index (κ2) is 35.4. The van der Waals surface area contributed by atoms with E-state index in [0.717, 1.165) is 94.1 Å². The first-order chi connectivity index (χ1) is 52.7. The Labute approximate surface area is 627 Å². The van der Waals surface area contributed by atoms with Crippen molar-refractivity contribution in [3.8, 4) is 11.5 Å². The number of carboxylic acid groups (broad SMARTS) is 1. The Hall–Kier alpha value is -11.6. The average molecular weight is 1490 g/mol. The molecule has 9 amide bonds. The van der Waals surface area contributed by atoms with Crippen molar-refractivity contribution in [3.05, 3.63) is 191 Å². The van der Waals surface area contributed by atoms with Crippen LogP contribution in [0.5, 0.6) is 11.5 Å². The van der Waals surface area contributed by atoms with Crippen LogP contribution in [-0.4, -0.2) is 149 Å². The number of hydrogen-bond donors (Lipinski definition) is 7. The van der Waals surface area contributed by atoms with Crippen molar-refractivity contribution in [2.45, 2.75) is 115 Å². The normalized spacial score (nSPS) is 20.2. The van der Waals surface area contributed by atoms with Crippen LogP contribution in [0.3, 0.4) is 0 Å². The number of carbonyl (C=O) groups is 10. The first kappa shape index (κ1) is 77.0. The first-order valence-corrected chi connectivity index (χ1v) is 36.8. The largest absolute Gasteiger partial charge is 0.491 e. The van der Waals surface area contributed by atoms with E-state index in [0.29, 0.717) is 98.8 Å². The fraction of sp³-hybridized carbons (Fsp3) is 0.366. The minimum atomic E-state index is -1.03. The van der Waals surface area contributed by atoms with Gasteiger partial charge in [-0.15, -0.1) is 0 Å². The summed E-state index contributed by atoms with van der Waals surface area (Å²) >= 11 is 0. The number of pyridine rings is 2. The molecule has 27 heteroatoms. The molecule has 0 bridgehead atoms. The van der Waals surface area contributed by atoms with Gasteiger partial charge in [-0.1, -0.05) is 26.0 Å². The molecule has 4 fully saturated rings. The lowest BCUT2D eigenvalue weighted by atomic mass is 9.73. The fourth-order valence-corrected chi connectivity index (χ4v) is 15.2. The van der Waals surface area contributed by atoms with Crippen molar-refractivity contribution < 1.29 is 80.8 Å². The monoisotopic (exact) mass is 1490 g/mol. The van der Waals surface area contributed by atoms with E-state index in [9.17, 15) is 56.7 Å². The average Bonchev–Trinajstić information content (AvgIpc) is 1.62. The fourth-order valence-electron chi connectivity index (χ4n) is 15.2. The standard InChI is InChI=1S/C41H42FN5O7.C23H24N4O6.C18H20FNO2/c1-24(25-5-7-26(8-6-25)30-17-18-43-33-14-9-27(42)23-32(30)33)38(49)45-28-10-12-29(13-11-28)54-22-21-53-20-19-44-34-4-2-3-31-37(34)41(52)47(40(31)51)35-15-16-36(48)46-39(35)50;24-14-4-6-15(7-5-14)33-13-12-32-11-10-25-17-3-1-2-16-20(17)23(31)27(22(16)30)18-8-9-19(28)26-21(18)29;1-11(18(21)22)12-2-4-13(5-3-12)15-8-9-20-17-7-6-14(19)10-16(15)17/h2-4,9-14,17-18,23-26,35,44H,5-8,15-16,19-22H2,1H3,(H,45,49)(H,46,48,50);1-7,18,25H,8-13,24H2,(H,26,28,29);6-13H,2-5H2,1H3,(H,21,22)/t24-,25?,26?,35?;;11-,12?,13?/m1.1/s1. The molecule has 4 atom stereocenters. The SMILES string of the molecule is C[C@@H](C(=O)Nc1ccc(OCCOCCNc2cccc3c2C(=O)N(C2CCC(=O)NC2=O)C3=O)cc1)C1CCC(c2ccnc3ccc(F)cc23)CC1.C[C@@H](C(=O)O)C1CCC(c2ccnc3ccc(F)cc23)CC1.Nc1ccc(OCCOCCNc2cccc3c2C(=O)N(C2CCC(=O)NC2=O)C3=O)cc1. The van der Waals surface area contributed by atoms with Gasteiger partial charge >= 0.3 is 5.97 Å². The number of piperidine rings is 2. The van der Waals surface area contributed by atoms with Gasteiger partial charge in [0.05, 0.1) is 65.6 Å². The summed E-state index contributed by atoms with van der Waals surface area (Å²) in [6.45, 7) is 6.54. The number of aliphatic carboxylic acids is 1. The van der Waals surface area contributed by atoms with Crippen molar-refractivity contribution in [1.82, 2.24) is 30.4 Å². The van der Waals surface area contributed by atoms with Crippen LogP contribution in [0, 0.1) is 35.3 Å². The Morgan fingerprint density at radius 1 is 0.523 bits per heavy atom. The maximum absolute atomic E-state index is 14.0. The number of nitrogens with zero attached hydrogens (tertiary/aromatic N) is 4. The van der Waals surface area contributed by atoms with E-state index in [1.54, 1.807) is 129 Å². The second-order valence-corrected chi connectivity index (χ2v) is 28.0. The highest BCUT2D eigenvalue weighted by Gasteiger charge is 2.47. The number of nitrogens with one attached hydrogen (secondary N) is 5. The molecule has 2 saturated carbocycles. The summed E-state index contributed by atoms with van der Waals surface area (Å²) in [6.07, 6.45) is 11.4. The molecule has 8 aromatic rings. The van der Waals surface area contributed by atoms with Gasteiger partial charge in [-0.3, -0.25) is 78.3 Å². The molecule has 4 aliphatic heterocycles. The summed E-state index contributed by atoms with van der Waals surface area (Å²) in [6, 6.07) is 35.5. The molecule has 6 aromatic carbocycles. The predicted molar refractivity (Wildman–Crippen MR) is 401 cm³/mol. The van der Waals surface area contributed by atoms with E-state index in [1.165, 1.54) is 12.1 Å². The third-order valence-corrected chi connectivity index (χ3v) is 21.2. The van der Waals surface area contributed by atoms with Gasteiger partial charge in [0.15, 0.2) is 0 Å². The number of hydrogen-bond acceptors (Lipinski definition) is 19. The molecule has 2 unspecified atom stereocenters. The van der Waals surface area contributed by atoms with Crippen molar-refractivity contribution >= 4 is 104 Å². The van der Waals surface area contributed by atoms with Crippen LogP contribution in [0.25, 0.3) is 21.8 Å². The minimum absolute atomic E-state index is 0.0198. The van der Waals surface area contributed by atoms with Gasteiger partial charge in [0.2, 0.25) is 29.5 Å². The summed E-state index contributed by atoms with van der Waals surface area (Å²) in [5.74, 6) is -3.48. The number of imide groups is 4. The van der Waals surface area contributed by atoms with Crippen LogP contribution < -0.4 is 41.8 Å². The number of carboxylic acids is 1. The Bertz CT molecular complexity index is 4740. The number of aromatic nitrogens is 2. The third kappa shape index (κ3) is 18.4. The van der Waals surface area contributed by atoms with Crippen LogP contribution in [-0.2, 0) is 38.2 Å². The third-order valence-electron chi connectivity index (χ3n) is 21.2. The lowest BCUT2D eigenvalue weighted by Gasteiger charge is -2.32. The summed E-state index contributed by atoms with van der Waals surface area (Å²) < 4.78 is 50.1. The Morgan fingerprint density at radius 3 is 1.39 bits per heavy atom. The van der Waals surface area contributed by atoms with Gasteiger partial charge < -0.3 is 45.7 Å². The van der Waals surface area contributed by atoms with E-state index >= 15 is 0 Å². The smallest absolute Gasteiger partial charge is 0.306 e. The first-order valence-electron chi connectivity index (χ1n) is 36.8. The van der Waals surface area contributed by atoms with Crippen molar-refractivity contribution in [2.75, 3.05) is 74.4 Å². The number of ether oxygens (including phenoxy) is 4. The number of fused-ring (bicyclic) bond motifs is 4. The summed E-state index contributed by atoms with van der Waals surface area (Å²) in [7, 11) is 0. The molecule has 0 spiro atoms. The molecule has 2 saturated heterocycles. The van der Waals surface area contributed by atoms with Gasteiger partial charge in [-0.25, -0.2) is 8.78 Å². The predicted octanol–water partition coefficient (Wildman–Crippen LogP) is 11.4. The minimum Gasteiger partial charge on any atom is -0.491 e. The maximum Gasteiger partial charge on any atom is 0.306 e. The van der Waals surface area contributed by atoms with Gasteiger partial charge in [0.25, 0.3) is 23.6 Å². The van der Waals surface area contributed by atoms with Gasteiger partial charge in [-0.2, -0.15) is 0 Å². The van der Waals surface area contributed by atoms with E-state index in [2.05, 4.69) is 36.6 Å². The van der Waals surface area contributed by atoms with Crippen LogP contribution >= 0.6 is 0 Å². The van der Waals surface area contributed by atoms with E-state index in [1.807, 2.05) is 19.1 Å². The Morgan fingerprint density at radius 2 is 0.954 bits per heavy atom. The number of nitrogens with two attached hydrogens (primary N) is 1. The van der Waals surface area contributed by atoms with Crippen LogP contribution in [0.15, 0.2) is 146 Å². The van der Waals surface area contributed by atoms with Crippen molar-refractivity contribution in [3.63, 3.8) is 0 Å². The molecule has 14 rings (SSSR count). The zero-order valence-electron chi connectivity index (χ0n) is 60.4. The number of anilines is 4. The molecular formula is C82H86F2N10O15. The van der Waals surface area contributed by atoms with Crippen LogP contribution in [0.1, 0.15) is 155 Å². The van der Waals surface area contributed by atoms with E-state index in [4.69, 9.17) is 29.8 Å². The lowest BCUT2D eigenvalue weighted by Crippen LogP contribution is -2.54. The molecule has 6 aliphatic rings. The highest BCUT2D eigenvalue weighted by molar-refractivity contribution is 6.26. The zero-order chi connectivity index (χ0) is 76.8. The number of rotatable bonds is 25. The topological polar surface area (TPSA) is 346 Å². The number of amides is 9. The highest BCUT2D eigenvalue weighted by atomic mass is 19.1. The highest BCUT2D eigenvalue weighted by Crippen LogP contribution is 2.43. The second-order valence-electron chi connectivity index (χ2n) is 28.0. The quantitative estimate of drug-likeness (QED) is 0.0159. The summed E-state index contributed by atoms with van der Waals surface area (Å²) in [5, 5.41) is 24.6. The van der Waals surface area contributed by atoms with E-state index in [-0.39, 0.29) is 89.2 Å². The Balaban J connectivity index is 0.000000170. The molecule has 109 heavy (non-hydrogen) atoms. The van der Waals surface area contributed by atoms with Gasteiger partial charge in [0.1, 0.15) is 48.4 Å². The van der Waals surface area contributed by atoms with Gasteiger partial charge in [-0.05, 0) is 220 Å². The molecule has 568 valence electrons. The van der Waals surface area contributed by atoms with Crippen LogP contribution in [0.2, 0.25) is 0 Å². The summed E-state index contributed by atoms with van der Waals surface area (Å²) in [5.41, 5.74) is 12.7. The maximum atomic E-state index is 14.0. The van der Waals surface area contributed by atoms with Crippen LogP contribution in [0.4, 0.5) is 31.5 Å². The number of carbonyl (C=O) groups excluding carboxylic acids is 9. The summed E-state index contributed by atoms with van der Waals surface area (Å²) in [4.78, 5) is 135. The lowest BCUT2D eigenvalue weighted by molar-refractivity contribution is -0.143. The Kier molecular flexibility index (Phi) is 25.0. The van der Waals surface area contributed by atoms with E-state index < -0.39 is 65.3 Å². The van der Waals surface area contributed by atoms with Crippen molar-refractivity contribution in [2.24, 2.45) is 23.7 Å². The molecule has 25 nitrogen and oxygen atoms in total.